The molecule has 0 radical (unpaired) electrons. The van der Waals surface area contributed by atoms with Crippen LogP contribution < -0.4 is 0 Å². The molecule has 0 aromatic heterocycles. The first-order chi connectivity index (χ1) is 9.15. The summed E-state index contributed by atoms with van der Waals surface area (Å²) < 4.78 is 0. The van der Waals surface area contributed by atoms with E-state index in [-0.39, 0.29) is 0 Å². The topological polar surface area (TPSA) is 20.2 Å². The summed E-state index contributed by atoms with van der Waals surface area (Å²) in [6, 6.07) is 14.6. The van der Waals surface area contributed by atoms with Crippen LogP contribution in [0.2, 0.25) is 0 Å². The molecule has 1 aliphatic rings. The van der Waals surface area contributed by atoms with Gasteiger partial charge in [-0.05, 0) is 49.3 Å². The molecule has 1 fully saturated rings. The summed E-state index contributed by atoms with van der Waals surface area (Å²) in [4.78, 5) is 0. The average molecular weight is 252 g/mol. The van der Waals surface area contributed by atoms with Crippen LogP contribution >= 0.6 is 0 Å². The molecule has 1 heteroatoms. The molecule has 98 valence electrons. The lowest BCUT2D eigenvalue weighted by Crippen LogP contribution is -2.04. The van der Waals surface area contributed by atoms with E-state index in [0.29, 0.717) is 5.92 Å². The summed E-state index contributed by atoms with van der Waals surface area (Å²) in [6.07, 6.45) is 2.02. The van der Waals surface area contributed by atoms with Crippen LogP contribution in [0.5, 0.6) is 0 Å². The van der Waals surface area contributed by atoms with Crippen molar-refractivity contribution in [1.82, 2.24) is 0 Å². The van der Waals surface area contributed by atoms with E-state index in [0.717, 1.165) is 11.1 Å². The molecule has 19 heavy (non-hydrogen) atoms. The van der Waals surface area contributed by atoms with E-state index < -0.39 is 6.10 Å². The quantitative estimate of drug-likeness (QED) is 0.865. The van der Waals surface area contributed by atoms with Crippen LogP contribution in [-0.2, 0) is 0 Å². The SMILES string of the molecule is Cc1cc(C)cc(C(O)c2ccccc2C2CC2)c1. The minimum atomic E-state index is -0.504. The van der Waals surface area contributed by atoms with E-state index in [1.165, 1.54) is 29.5 Å². The summed E-state index contributed by atoms with van der Waals surface area (Å²) in [6.45, 7) is 4.16. The zero-order chi connectivity index (χ0) is 13.4. The molecule has 0 saturated heterocycles. The Labute approximate surface area is 114 Å². The monoisotopic (exact) mass is 252 g/mol. The van der Waals surface area contributed by atoms with Crippen LogP contribution in [0.3, 0.4) is 0 Å². The van der Waals surface area contributed by atoms with Crippen LogP contribution in [0.1, 0.15) is 52.7 Å². The zero-order valence-electron chi connectivity index (χ0n) is 11.6. The summed E-state index contributed by atoms with van der Waals surface area (Å²) in [7, 11) is 0. The van der Waals surface area contributed by atoms with Gasteiger partial charge in [-0.2, -0.15) is 0 Å². The molecular formula is C18H20O. The Kier molecular flexibility index (Phi) is 3.16. The van der Waals surface area contributed by atoms with Crippen molar-refractivity contribution in [3.05, 3.63) is 70.3 Å². The molecule has 2 aromatic carbocycles. The Morgan fingerprint density at radius 1 is 1.00 bits per heavy atom. The molecule has 1 unspecified atom stereocenters. The molecule has 1 atom stereocenters. The Hall–Kier alpha value is -1.60. The van der Waals surface area contributed by atoms with Gasteiger partial charge in [-0.3, -0.25) is 0 Å². The summed E-state index contributed by atoms with van der Waals surface area (Å²) in [5.41, 5.74) is 5.82. The number of aliphatic hydroxyl groups excluding tert-OH is 1. The van der Waals surface area contributed by atoms with Gasteiger partial charge in [0.1, 0.15) is 6.10 Å². The normalized spacial score (nSPS) is 16.4. The van der Waals surface area contributed by atoms with Gasteiger partial charge in [-0.25, -0.2) is 0 Å². The van der Waals surface area contributed by atoms with E-state index >= 15 is 0 Å². The van der Waals surface area contributed by atoms with Gasteiger partial charge >= 0.3 is 0 Å². The molecule has 1 N–H and O–H groups in total. The second kappa shape index (κ2) is 4.82. The highest BCUT2D eigenvalue weighted by molar-refractivity contribution is 5.41. The Morgan fingerprint density at radius 3 is 2.26 bits per heavy atom. The largest absolute Gasteiger partial charge is 0.384 e. The lowest BCUT2D eigenvalue weighted by molar-refractivity contribution is 0.219. The number of aryl methyl sites for hydroxylation is 2. The van der Waals surface area contributed by atoms with Crippen molar-refractivity contribution < 1.29 is 5.11 Å². The molecule has 0 amide bonds. The minimum absolute atomic E-state index is 0.504. The first-order valence-electron chi connectivity index (χ1n) is 7.00. The summed E-state index contributed by atoms with van der Waals surface area (Å²) in [5.74, 6) is 0.664. The van der Waals surface area contributed by atoms with Gasteiger partial charge in [0, 0.05) is 0 Å². The van der Waals surface area contributed by atoms with E-state index in [1.807, 2.05) is 6.07 Å². The fourth-order valence-corrected chi connectivity index (χ4v) is 2.87. The fourth-order valence-electron chi connectivity index (χ4n) is 2.87. The Bertz CT molecular complexity index is 576. The van der Waals surface area contributed by atoms with E-state index in [2.05, 4.69) is 50.2 Å². The van der Waals surface area contributed by atoms with Crippen molar-refractivity contribution >= 4 is 0 Å². The maximum Gasteiger partial charge on any atom is 0.104 e. The lowest BCUT2D eigenvalue weighted by atomic mass is 9.93. The number of aliphatic hydroxyl groups is 1. The number of benzene rings is 2. The van der Waals surface area contributed by atoms with E-state index in [4.69, 9.17) is 0 Å². The maximum atomic E-state index is 10.7. The van der Waals surface area contributed by atoms with Gasteiger partial charge in [-0.1, -0.05) is 53.6 Å². The van der Waals surface area contributed by atoms with E-state index in [9.17, 15) is 5.11 Å². The number of hydrogen-bond acceptors (Lipinski definition) is 1. The molecule has 0 heterocycles. The molecule has 1 nitrogen and oxygen atoms in total. The second-order valence-corrected chi connectivity index (χ2v) is 5.73. The van der Waals surface area contributed by atoms with Crippen molar-refractivity contribution in [1.29, 1.82) is 0 Å². The highest BCUT2D eigenvalue weighted by Crippen LogP contribution is 2.43. The molecule has 0 aliphatic heterocycles. The Morgan fingerprint density at radius 2 is 1.63 bits per heavy atom. The molecule has 2 aromatic rings. The summed E-state index contributed by atoms with van der Waals surface area (Å²) >= 11 is 0. The Balaban J connectivity index is 2.01. The molecule has 0 spiro atoms. The molecular weight excluding hydrogens is 232 g/mol. The van der Waals surface area contributed by atoms with Gasteiger partial charge in [-0.15, -0.1) is 0 Å². The van der Waals surface area contributed by atoms with Crippen LogP contribution in [0.25, 0.3) is 0 Å². The standard InChI is InChI=1S/C18H20O/c1-12-9-13(2)11-15(10-12)18(19)17-6-4-3-5-16(17)14-7-8-14/h3-6,9-11,14,18-19H,7-8H2,1-2H3. The molecule has 1 saturated carbocycles. The van der Waals surface area contributed by atoms with Crippen molar-refractivity contribution in [2.45, 2.75) is 38.7 Å². The zero-order valence-corrected chi connectivity index (χ0v) is 11.6. The predicted molar refractivity (Wildman–Crippen MR) is 78.4 cm³/mol. The average Bonchev–Trinajstić information content (AvgIpc) is 3.21. The third kappa shape index (κ3) is 2.57. The van der Waals surface area contributed by atoms with Gasteiger partial charge < -0.3 is 5.11 Å². The van der Waals surface area contributed by atoms with Gasteiger partial charge in [0.2, 0.25) is 0 Å². The van der Waals surface area contributed by atoms with Gasteiger partial charge in [0.05, 0.1) is 0 Å². The van der Waals surface area contributed by atoms with E-state index in [1.54, 1.807) is 0 Å². The van der Waals surface area contributed by atoms with Gasteiger partial charge in [0.15, 0.2) is 0 Å². The van der Waals surface area contributed by atoms with Crippen LogP contribution in [0.4, 0.5) is 0 Å². The predicted octanol–water partition coefficient (Wildman–Crippen LogP) is 4.26. The first-order valence-corrected chi connectivity index (χ1v) is 7.00. The van der Waals surface area contributed by atoms with Gasteiger partial charge in [0.25, 0.3) is 0 Å². The lowest BCUT2D eigenvalue weighted by Gasteiger charge is -2.17. The van der Waals surface area contributed by atoms with Crippen LogP contribution in [-0.4, -0.2) is 5.11 Å². The van der Waals surface area contributed by atoms with Crippen LogP contribution in [0, 0.1) is 13.8 Å². The smallest absolute Gasteiger partial charge is 0.104 e. The highest BCUT2D eigenvalue weighted by atomic mass is 16.3. The molecule has 0 bridgehead atoms. The van der Waals surface area contributed by atoms with Crippen molar-refractivity contribution in [2.75, 3.05) is 0 Å². The number of hydrogen-bond donors (Lipinski definition) is 1. The van der Waals surface area contributed by atoms with Crippen LogP contribution in [0.15, 0.2) is 42.5 Å². The summed E-state index contributed by atoms with van der Waals surface area (Å²) in [5, 5.41) is 10.7. The highest BCUT2D eigenvalue weighted by Gasteiger charge is 2.28. The third-order valence-corrected chi connectivity index (χ3v) is 3.87. The molecule has 1 aliphatic carbocycles. The van der Waals surface area contributed by atoms with Crippen molar-refractivity contribution in [3.63, 3.8) is 0 Å². The molecule has 3 rings (SSSR count). The minimum Gasteiger partial charge on any atom is -0.384 e. The maximum absolute atomic E-state index is 10.7. The fraction of sp³-hybridized carbons (Fsp3) is 0.333. The van der Waals surface area contributed by atoms with Crippen molar-refractivity contribution in [2.24, 2.45) is 0 Å². The first kappa shape index (κ1) is 12.4. The second-order valence-electron chi connectivity index (χ2n) is 5.73. The van der Waals surface area contributed by atoms with Crippen molar-refractivity contribution in [3.8, 4) is 0 Å². The third-order valence-electron chi connectivity index (χ3n) is 3.87. The number of rotatable bonds is 3.